The molecule has 0 atom stereocenters. The molecule has 0 amide bonds. The van der Waals surface area contributed by atoms with Crippen LogP contribution in [0.25, 0.3) is 0 Å². The summed E-state index contributed by atoms with van der Waals surface area (Å²) in [5.74, 6) is -0.999. The van der Waals surface area contributed by atoms with Gasteiger partial charge in [-0.1, -0.05) is 0 Å². The number of Topliss-reactive ketones (excluding diaryl/α,β-unsaturated/α-hetero) is 1. The quantitative estimate of drug-likeness (QED) is 0.615. The molecule has 0 aliphatic heterocycles. The van der Waals surface area contributed by atoms with Gasteiger partial charge in [-0.05, 0) is 35.0 Å². The van der Waals surface area contributed by atoms with Crippen LogP contribution in [-0.2, 0) is 0 Å². The van der Waals surface area contributed by atoms with Crippen LogP contribution < -0.4 is 4.74 Å². The van der Waals surface area contributed by atoms with Gasteiger partial charge in [0, 0.05) is 11.1 Å². The predicted molar refractivity (Wildman–Crippen MR) is 55.7 cm³/mol. The van der Waals surface area contributed by atoms with Gasteiger partial charge in [-0.25, -0.2) is 8.78 Å². The van der Waals surface area contributed by atoms with Crippen molar-refractivity contribution in [2.45, 2.75) is 20.0 Å². The maximum absolute atomic E-state index is 12.6. The maximum Gasteiger partial charge on any atom is 0.387 e. The molecule has 17 heavy (non-hydrogen) atoms. The molecule has 0 saturated carbocycles. The number of benzene rings is 1. The lowest BCUT2D eigenvalue weighted by atomic mass is 10.1. The smallest absolute Gasteiger partial charge is 0.387 e. The second-order valence-electron chi connectivity index (χ2n) is 3.11. The molecule has 2 nitrogen and oxygen atoms in total. The van der Waals surface area contributed by atoms with Crippen molar-refractivity contribution in [2.75, 3.05) is 0 Å². The molecule has 0 aliphatic rings. The van der Waals surface area contributed by atoms with Crippen LogP contribution in [0.5, 0.6) is 5.75 Å². The highest BCUT2D eigenvalue weighted by molar-refractivity contribution is 9.10. The minimum absolute atomic E-state index is 0.112. The van der Waals surface area contributed by atoms with Crippen LogP contribution in [0, 0.1) is 0 Å². The SMILES string of the molecule is CC(=O)c1cc(OC(F)F)c(Br)c(C(F)F)c1. The molecule has 7 heteroatoms. The number of hydrogen-bond donors (Lipinski definition) is 0. The van der Waals surface area contributed by atoms with E-state index in [9.17, 15) is 22.4 Å². The summed E-state index contributed by atoms with van der Waals surface area (Å²) in [7, 11) is 0. The molecule has 1 aromatic carbocycles. The normalized spacial score (nSPS) is 11.1. The van der Waals surface area contributed by atoms with Gasteiger partial charge in [-0.15, -0.1) is 0 Å². The predicted octanol–water partition coefficient (Wildman–Crippen LogP) is 4.19. The number of halogens is 5. The molecule has 0 spiro atoms. The molecular weight excluding hydrogens is 308 g/mol. The first kappa shape index (κ1) is 14.0. The Bertz CT molecular complexity index is 435. The van der Waals surface area contributed by atoms with Crippen LogP contribution in [0.2, 0.25) is 0 Å². The summed E-state index contributed by atoms with van der Waals surface area (Å²) in [6.45, 7) is -2.01. The Morgan fingerprint density at radius 3 is 2.29 bits per heavy atom. The molecule has 0 fully saturated rings. The molecule has 0 radical (unpaired) electrons. The molecule has 0 heterocycles. The molecule has 94 valence electrons. The van der Waals surface area contributed by atoms with E-state index in [1.807, 2.05) is 0 Å². The topological polar surface area (TPSA) is 26.3 Å². The van der Waals surface area contributed by atoms with Crippen LogP contribution in [0.4, 0.5) is 17.6 Å². The van der Waals surface area contributed by atoms with Gasteiger partial charge in [0.1, 0.15) is 5.75 Å². The highest BCUT2D eigenvalue weighted by Gasteiger charge is 2.20. The van der Waals surface area contributed by atoms with Crippen LogP contribution in [0.3, 0.4) is 0 Å². The zero-order valence-corrected chi connectivity index (χ0v) is 10.1. The molecule has 0 N–H and O–H groups in total. The summed E-state index contributed by atoms with van der Waals surface area (Å²) in [6.07, 6.45) is -2.90. The lowest BCUT2D eigenvalue weighted by Gasteiger charge is -2.12. The Morgan fingerprint density at radius 2 is 1.88 bits per heavy atom. The molecular formula is C10H7BrF4O2. The summed E-state index contributed by atoms with van der Waals surface area (Å²) >= 11 is 2.74. The van der Waals surface area contributed by atoms with Gasteiger partial charge < -0.3 is 4.74 Å². The highest BCUT2D eigenvalue weighted by Crippen LogP contribution is 2.36. The van der Waals surface area contributed by atoms with E-state index in [0.717, 1.165) is 19.1 Å². The fraction of sp³-hybridized carbons (Fsp3) is 0.300. The van der Waals surface area contributed by atoms with Crippen molar-refractivity contribution < 1.29 is 27.1 Å². The lowest BCUT2D eigenvalue weighted by Crippen LogP contribution is -2.06. The van der Waals surface area contributed by atoms with E-state index in [-0.39, 0.29) is 10.0 Å². The summed E-state index contributed by atoms with van der Waals surface area (Å²) in [6, 6.07) is 1.93. The fourth-order valence-corrected chi connectivity index (χ4v) is 1.66. The monoisotopic (exact) mass is 314 g/mol. The largest absolute Gasteiger partial charge is 0.434 e. The van der Waals surface area contributed by atoms with Gasteiger partial charge in [0.15, 0.2) is 5.78 Å². The molecule has 1 rings (SSSR count). The summed E-state index contributed by atoms with van der Waals surface area (Å²) in [4.78, 5) is 11.1. The van der Waals surface area contributed by atoms with Gasteiger partial charge in [-0.2, -0.15) is 8.78 Å². The number of rotatable bonds is 4. The van der Waals surface area contributed by atoms with Gasteiger partial charge in [-0.3, -0.25) is 4.79 Å². The van der Waals surface area contributed by atoms with E-state index >= 15 is 0 Å². The van der Waals surface area contributed by atoms with Crippen LogP contribution in [0.1, 0.15) is 29.3 Å². The van der Waals surface area contributed by atoms with Gasteiger partial charge in [0.05, 0.1) is 4.47 Å². The van der Waals surface area contributed by atoms with Crippen molar-refractivity contribution in [2.24, 2.45) is 0 Å². The van der Waals surface area contributed by atoms with E-state index in [4.69, 9.17) is 0 Å². The maximum atomic E-state index is 12.6. The van der Waals surface area contributed by atoms with Gasteiger partial charge in [0.25, 0.3) is 6.43 Å². The van der Waals surface area contributed by atoms with E-state index < -0.39 is 30.1 Å². The van der Waals surface area contributed by atoms with Crippen molar-refractivity contribution in [1.82, 2.24) is 0 Å². The average Bonchev–Trinajstić information content (AvgIpc) is 2.19. The molecule has 0 aromatic heterocycles. The Hall–Kier alpha value is -1.11. The lowest BCUT2D eigenvalue weighted by molar-refractivity contribution is -0.0506. The third-order valence-corrected chi connectivity index (χ3v) is 2.77. The third kappa shape index (κ3) is 3.42. The first-order valence-electron chi connectivity index (χ1n) is 4.40. The van der Waals surface area contributed by atoms with Crippen molar-refractivity contribution in [1.29, 1.82) is 0 Å². The molecule has 0 unspecified atom stereocenters. The number of alkyl halides is 4. The minimum atomic E-state index is -3.15. The Kier molecular flexibility index (Phi) is 4.50. The minimum Gasteiger partial charge on any atom is -0.434 e. The van der Waals surface area contributed by atoms with E-state index in [1.165, 1.54) is 0 Å². The van der Waals surface area contributed by atoms with Crippen molar-refractivity contribution >= 4 is 21.7 Å². The van der Waals surface area contributed by atoms with E-state index in [1.54, 1.807) is 0 Å². The summed E-state index contributed by atoms with van der Waals surface area (Å²) < 4.78 is 53.1. The Morgan fingerprint density at radius 1 is 1.29 bits per heavy atom. The number of carbonyl (C=O) groups excluding carboxylic acids is 1. The standard InChI is InChI=1S/C10H7BrF4O2/c1-4(16)5-2-6(9(12)13)8(11)7(3-5)17-10(14)15/h2-3,9-10H,1H3. The van der Waals surface area contributed by atoms with Gasteiger partial charge in [0.2, 0.25) is 0 Å². The van der Waals surface area contributed by atoms with Crippen molar-refractivity contribution in [3.63, 3.8) is 0 Å². The molecule has 0 aliphatic carbocycles. The third-order valence-electron chi connectivity index (χ3n) is 1.93. The first-order chi connectivity index (χ1) is 7.82. The molecule has 0 saturated heterocycles. The zero-order chi connectivity index (χ0) is 13.2. The number of carbonyl (C=O) groups is 1. The van der Waals surface area contributed by atoms with Crippen LogP contribution in [-0.4, -0.2) is 12.4 Å². The second-order valence-corrected chi connectivity index (χ2v) is 3.91. The van der Waals surface area contributed by atoms with Crippen molar-refractivity contribution in [3.8, 4) is 5.75 Å². The summed E-state index contributed by atoms with van der Waals surface area (Å²) in [5.41, 5.74) is -0.674. The van der Waals surface area contributed by atoms with E-state index in [0.29, 0.717) is 0 Å². The van der Waals surface area contributed by atoms with Gasteiger partial charge >= 0.3 is 6.61 Å². The number of ketones is 1. The second kappa shape index (κ2) is 5.48. The number of ether oxygens (including phenoxy) is 1. The highest BCUT2D eigenvalue weighted by atomic mass is 79.9. The average molecular weight is 315 g/mol. The fourth-order valence-electron chi connectivity index (χ4n) is 1.16. The Labute approximate surface area is 103 Å². The summed E-state index contributed by atoms with van der Waals surface area (Å²) in [5, 5.41) is 0. The van der Waals surface area contributed by atoms with Crippen LogP contribution >= 0.6 is 15.9 Å². The molecule has 0 bridgehead atoms. The van der Waals surface area contributed by atoms with Crippen molar-refractivity contribution in [3.05, 3.63) is 27.7 Å². The van der Waals surface area contributed by atoms with E-state index in [2.05, 4.69) is 20.7 Å². The van der Waals surface area contributed by atoms with Crippen LogP contribution in [0.15, 0.2) is 16.6 Å². The number of hydrogen-bond acceptors (Lipinski definition) is 2. The Balaban J connectivity index is 3.32. The zero-order valence-electron chi connectivity index (χ0n) is 8.52. The molecule has 1 aromatic rings. The first-order valence-corrected chi connectivity index (χ1v) is 5.19.